The molecule has 0 unspecified atom stereocenters. The van der Waals surface area contributed by atoms with Crippen molar-refractivity contribution in [3.63, 3.8) is 0 Å². The molecule has 3 aromatic rings. The van der Waals surface area contributed by atoms with Gasteiger partial charge in [0.25, 0.3) is 0 Å². The summed E-state index contributed by atoms with van der Waals surface area (Å²) in [4.78, 5) is 9.38. The zero-order valence-electron chi connectivity index (χ0n) is 16.2. The fourth-order valence-electron chi connectivity index (χ4n) is 3.76. The van der Waals surface area contributed by atoms with Crippen LogP contribution in [0.1, 0.15) is 13.8 Å². The number of hydrogen-bond acceptors (Lipinski definition) is 6. The Bertz CT molecular complexity index is 915. The van der Waals surface area contributed by atoms with Crippen molar-refractivity contribution in [2.24, 2.45) is 0 Å². The van der Waals surface area contributed by atoms with Gasteiger partial charge in [-0.3, -0.25) is 14.9 Å². The van der Waals surface area contributed by atoms with Crippen molar-refractivity contribution in [2.45, 2.75) is 19.9 Å². The van der Waals surface area contributed by atoms with Crippen molar-refractivity contribution in [2.75, 3.05) is 46.4 Å². The van der Waals surface area contributed by atoms with E-state index in [1.54, 1.807) is 13.3 Å². The second kappa shape index (κ2) is 7.70. The standard InChI is InChI=1S/C20H27N5O2/c1-14(2)25-8-6-24(7-9-25)10-11-27-17-5-4-15-12-21-20-16(13-22-23-20)18(15)19(17)26-3/h4-5,12-14H,6-11H2,1-3H3,(H,21,22,23). The molecule has 0 aliphatic carbocycles. The van der Waals surface area contributed by atoms with Crippen molar-refractivity contribution in [1.29, 1.82) is 0 Å². The van der Waals surface area contributed by atoms with Crippen LogP contribution in [-0.2, 0) is 0 Å². The molecule has 7 nitrogen and oxygen atoms in total. The third kappa shape index (κ3) is 3.57. The summed E-state index contributed by atoms with van der Waals surface area (Å²) in [5.74, 6) is 1.51. The first kappa shape index (κ1) is 18.0. The highest BCUT2D eigenvalue weighted by Gasteiger charge is 2.19. The van der Waals surface area contributed by atoms with Gasteiger partial charge in [0.1, 0.15) is 6.61 Å². The second-order valence-corrected chi connectivity index (χ2v) is 7.27. The molecule has 0 bridgehead atoms. The number of pyridine rings is 1. The van der Waals surface area contributed by atoms with E-state index in [2.05, 4.69) is 38.8 Å². The largest absolute Gasteiger partial charge is 0.492 e. The van der Waals surface area contributed by atoms with Crippen LogP contribution >= 0.6 is 0 Å². The molecular formula is C20H27N5O2. The minimum absolute atomic E-state index is 0.625. The van der Waals surface area contributed by atoms with E-state index >= 15 is 0 Å². The van der Waals surface area contributed by atoms with Crippen LogP contribution in [0.2, 0.25) is 0 Å². The van der Waals surface area contributed by atoms with Gasteiger partial charge in [-0.1, -0.05) is 0 Å². The third-order valence-electron chi connectivity index (χ3n) is 5.38. The molecular weight excluding hydrogens is 342 g/mol. The normalized spacial score (nSPS) is 16.4. The maximum absolute atomic E-state index is 6.11. The van der Waals surface area contributed by atoms with Crippen LogP contribution < -0.4 is 9.47 Å². The summed E-state index contributed by atoms with van der Waals surface area (Å²) in [6.45, 7) is 10.5. The number of rotatable bonds is 6. The quantitative estimate of drug-likeness (QED) is 0.720. The van der Waals surface area contributed by atoms with E-state index in [1.165, 1.54) is 0 Å². The van der Waals surface area contributed by atoms with Crippen molar-refractivity contribution >= 4 is 21.8 Å². The lowest BCUT2D eigenvalue weighted by Crippen LogP contribution is -2.49. The number of fused-ring (bicyclic) bond motifs is 3. The van der Waals surface area contributed by atoms with E-state index in [9.17, 15) is 0 Å². The Hall–Kier alpha value is -2.38. The molecule has 1 aliphatic heterocycles. The molecule has 2 aromatic heterocycles. The Morgan fingerprint density at radius 2 is 1.96 bits per heavy atom. The predicted molar refractivity (Wildman–Crippen MR) is 107 cm³/mol. The maximum atomic E-state index is 6.11. The van der Waals surface area contributed by atoms with Crippen LogP contribution in [0.3, 0.4) is 0 Å². The molecule has 1 N–H and O–H groups in total. The molecule has 7 heteroatoms. The van der Waals surface area contributed by atoms with Crippen molar-refractivity contribution in [3.8, 4) is 11.5 Å². The zero-order valence-corrected chi connectivity index (χ0v) is 16.2. The van der Waals surface area contributed by atoms with E-state index < -0.39 is 0 Å². The fraction of sp³-hybridized carbons (Fsp3) is 0.500. The first-order chi connectivity index (χ1) is 13.2. The Kier molecular flexibility index (Phi) is 5.13. The van der Waals surface area contributed by atoms with Crippen LogP contribution in [-0.4, -0.2) is 77.5 Å². The number of nitrogens with one attached hydrogen (secondary N) is 1. The van der Waals surface area contributed by atoms with Crippen LogP contribution in [0, 0.1) is 0 Å². The van der Waals surface area contributed by atoms with Crippen molar-refractivity contribution in [1.82, 2.24) is 25.0 Å². The van der Waals surface area contributed by atoms with E-state index in [0.717, 1.165) is 66.0 Å². The topological polar surface area (TPSA) is 66.5 Å². The van der Waals surface area contributed by atoms with Crippen molar-refractivity contribution in [3.05, 3.63) is 24.5 Å². The number of piperazine rings is 1. The molecule has 1 fully saturated rings. The molecule has 4 rings (SSSR count). The number of aromatic nitrogens is 3. The number of benzene rings is 1. The monoisotopic (exact) mass is 369 g/mol. The molecule has 144 valence electrons. The predicted octanol–water partition coefficient (Wildman–Crippen LogP) is 2.52. The number of hydrogen-bond donors (Lipinski definition) is 1. The number of H-pyrrole nitrogens is 1. The molecule has 0 amide bonds. The summed E-state index contributed by atoms with van der Waals surface area (Å²) in [6.07, 6.45) is 3.61. The number of aromatic amines is 1. The molecule has 0 saturated carbocycles. The highest BCUT2D eigenvalue weighted by molar-refractivity contribution is 6.08. The Balaban J connectivity index is 1.46. The number of nitrogens with zero attached hydrogens (tertiary/aromatic N) is 4. The van der Waals surface area contributed by atoms with Gasteiger partial charge in [0.2, 0.25) is 0 Å². The van der Waals surface area contributed by atoms with Gasteiger partial charge >= 0.3 is 0 Å². The van der Waals surface area contributed by atoms with Gasteiger partial charge in [-0.25, -0.2) is 4.98 Å². The van der Waals surface area contributed by atoms with Gasteiger partial charge in [-0.05, 0) is 26.0 Å². The molecule has 0 spiro atoms. The van der Waals surface area contributed by atoms with E-state index in [4.69, 9.17) is 9.47 Å². The molecule has 0 atom stereocenters. The molecule has 1 aliphatic rings. The zero-order chi connectivity index (χ0) is 18.8. The summed E-state index contributed by atoms with van der Waals surface area (Å²) < 4.78 is 11.8. The first-order valence-electron chi connectivity index (χ1n) is 9.55. The van der Waals surface area contributed by atoms with Gasteiger partial charge < -0.3 is 9.47 Å². The van der Waals surface area contributed by atoms with Crippen LogP contribution in [0.4, 0.5) is 0 Å². The van der Waals surface area contributed by atoms with Gasteiger partial charge in [0.05, 0.1) is 18.7 Å². The average molecular weight is 369 g/mol. The Morgan fingerprint density at radius 1 is 1.15 bits per heavy atom. The molecule has 3 heterocycles. The molecule has 1 saturated heterocycles. The molecule has 0 radical (unpaired) electrons. The van der Waals surface area contributed by atoms with E-state index in [-0.39, 0.29) is 0 Å². The van der Waals surface area contributed by atoms with E-state index in [1.807, 2.05) is 18.3 Å². The second-order valence-electron chi connectivity index (χ2n) is 7.27. The number of methoxy groups -OCH3 is 1. The van der Waals surface area contributed by atoms with E-state index in [0.29, 0.717) is 12.6 Å². The summed E-state index contributed by atoms with van der Waals surface area (Å²) in [5, 5.41) is 9.96. The molecule has 27 heavy (non-hydrogen) atoms. The maximum Gasteiger partial charge on any atom is 0.169 e. The molecule has 1 aromatic carbocycles. The highest BCUT2D eigenvalue weighted by atomic mass is 16.5. The minimum atomic E-state index is 0.625. The smallest absolute Gasteiger partial charge is 0.169 e. The summed E-state index contributed by atoms with van der Waals surface area (Å²) in [5.41, 5.74) is 0.751. The van der Waals surface area contributed by atoms with Crippen LogP contribution in [0.25, 0.3) is 21.8 Å². The lowest BCUT2D eigenvalue weighted by atomic mass is 10.1. The van der Waals surface area contributed by atoms with Crippen LogP contribution in [0.5, 0.6) is 11.5 Å². The van der Waals surface area contributed by atoms with Crippen LogP contribution in [0.15, 0.2) is 24.5 Å². The SMILES string of the molecule is COc1c(OCCN2CCN(C(C)C)CC2)ccc2cnc3[nH]ncc3c12. The summed E-state index contributed by atoms with van der Waals surface area (Å²) >= 11 is 0. The highest BCUT2D eigenvalue weighted by Crippen LogP contribution is 2.38. The summed E-state index contributed by atoms with van der Waals surface area (Å²) in [7, 11) is 1.68. The average Bonchev–Trinajstić information content (AvgIpc) is 3.17. The Labute approximate surface area is 159 Å². The van der Waals surface area contributed by atoms with Gasteiger partial charge in [-0.2, -0.15) is 5.10 Å². The van der Waals surface area contributed by atoms with Gasteiger partial charge in [0.15, 0.2) is 17.1 Å². The fourth-order valence-corrected chi connectivity index (χ4v) is 3.76. The lowest BCUT2D eigenvalue weighted by molar-refractivity contribution is 0.0967. The van der Waals surface area contributed by atoms with Gasteiger partial charge in [-0.15, -0.1) is 0 Å². The minimum Gasteiger partial charge on any atom is -0.492 e. The third-order valence-corrected chi connectivity index (χ3v) is 5.38. The number of ether oxygens (including phenoxy) is 2. The van der Waals surface area contributed by atoms with Gasteiger partial charge in [0, 0.05) is 55.7 Å². The summed E-state index contributed by atoms with van der Waals surface area (Å²) in [6, 6.07) is 4.61. The lowest BCUT2D eigenvalue weighted by Gasteiger charge is -2.36. The van der Waals surface area contributed by atoms with Crippen molar-refractivity contribution < 1.29 is 9.47 Å². The Morgan fingerprint density at radius 3 is 2.70 bits per heavy atom. The first-order valence-corrected chi connectivity index (χ1v) is 9.55.